The largest absolute Gasteiger partial charge is 0.338 e. The Morgan fingerprint density at radius 3 is 1.10 bits per heavy atom. The summed E-state index contributed by atoms with van der Waals surface area (Å²) in [6, 6.07) is 0. The molecule has 2 saturated heterocycles. The van der Waals surface area contributed by atoms with Gasteiger partial charge in [-0.1, -0.05) is 0 Å². The van der Waals surface area contributed by atoms with Crippen LogP contribution >= 0.6 is 0 Å². The van der Waals surface area contributed by atoms with Gasteiger partial charge in [-0.3, -0.25) is 9.59 Å². The first kappa shape index (κ1) is 17.0. The minimum atomic E-state index is 0.0353. The predicted molar refractivity (Wildman–Crippen MR) is 81.4 cm³/mol. The van der Waals surface area contributed by atoms with Crippen LogP contribution in [0.25, 0.3) is 0 Å². The molecule has 2 heterocycles. The maximum atomic E-state index is 11.1. The third kappa shape index (κ3) is 4.50. The number of amides is 2. The summed E-state index contributed by atoms with van der Waals surface area (Å²) in [5.41, 5.74) is 0.0706. The number of likely N-dealkylation sites (tertiary alicyclic amines) is 2. The van der Waals surface area contributed by atoms with E-state index in [0.717, 1.165) is 38.8 Å². The summed E-state index contributed by atoms with van der Waals surface area (Å²) < 4.78 is 0. The topological polar surface area (TPSA) is 40.6 Å². The number of hydrogen-bond acceptors (Lipinski definition) is 2. The van der Waals surface area contributed by atoms with E-state index >= 15 is 0 Å². The molecule has 0 aromatic carbocycles. The lowest BCUT2D eigenvalue weighted by atomic mass is 10.1. The smallest absolute Gasteiger partial charge is 0.223 e. The van der Waals surface area contributed by atoms with Crippen molar-refractivity contribution in [2.75, 3.05) is 13.1 Å². The van der Waals surface area contributed by atoms with Crippen LogP contribution in [0.5, 0.6) is 0 Å². The van der Waals surface area contributed by atoms with Crippen LogP contribution in [-0.2, 0) is 9.59 Å². The fourth-order valence-corrected chi connectivity index (χ4v) is 2.72. The first-order chi connectivity index (χ1) is 9.03. The normalized spacial score (nSPS) is 20.3. The van der Waals surface area contributed by atoms with Gasteiger partial charge in [0.2, 0.25) is 11.8 Å². The van der Waals surface area contributed by atoms with Crippen molar-refractivity contribution < 1.29 is 9.59 Å². The second kappa shape index (κ2) is 6.15. The van der Waals surface area contributed by atoms with E-state index in [-0.39, 0.29) is 11.1 Å². The SMILES string of the molecule is CC(C)(C)N1CCCC1=O.CC(C)(C)N1CCCC1=O. The highest BCUT2D eigenvalue weighted by Gasteiger charge is 2.30. The molecular weight excluding hydrogens is 252 g/mol. The highest BCUT2D eigenvalue weighted by molar-refractivity contribution is 5.79. The lowest BCUT2D eigenvalue weighted by Crippen LogP contribution is -2.41. The molecule has 0 atom stereocenters. The number of rotatable bonds is 0. The molecule has 2 amide bonds. The van der Waals surface area contributed by atoms with Crippen LogP contribution in [0.4, 0.5) is 0 Å². The third-order valence-corrected chi connectivity index (χ3v) is 3.77. The molecule has 0 N–H and O–H groups in total. The third-order valence-electron chi connectivity index (χ3n) is 3.77. The molecule has 0 aromatic heterocycles. The highest BCUT2D eigenvalue weighted by atomic mass is 16.2. The van der Waals surface area contributed by atoms with E-state index in [4.69, 9.17) is 0 Å². The van der Waals surface area contributed by atoms with Crippen molar-refractivity contribution in [2.45, 2.75) is 78.3 Å². The van der Waals surface area contributed by atoms with Gasteiger partial charge in [-0.25, -0.2) is 0 Å². The minimum Gasteiger partial charge on any atom is -0.338 e. The van der Waals surface area contributed by atoms with Crippen LogP contribution in [-0.4, -0.2) is 45.8 Å². The number of nitrogens with zero attached hydrogens (tertiary/aromatic N) is 2. The Balaban J connectivity index is 0.000000200. The van der Waals surface area contributed by atoms with Crippen LogP contribution in [0, 0.1) is 0 Å². The zero-order chi connectivity index (χ0) is 15.6. The Morgan fingerprint density at radius 1 is 0.700 bits per heavy atom. The van der Waals surface area contributed by atoms with E-state index in [1.807, 2.05) is 9.80 Å². The second-order valence-electron chi connectivity index (χ2n) is 7.64. The molecular formula is C16H30N2O2. The summed E-state index contributed by atoms with van der Waals surface area (Å²) in [6.45, 7) is 14.4. The van der Waals surface area contributed by atoms with Gasteiger partial charge < -0.3 is 9.80 Å². The molecule has 4 nitrogen and oxygen atoms in total. The zero-order valence-electron chi connectivity index (χ0n) is 14.0. The van der Waals surface area contributed by atoms with Gasteiger partial charge in [0.05, 0.1) is 0 Å². The van der Waals surface area contributed by atoms with E-state index < -0.39 is 0 Å². The first-order valence-electron chi connectivity index (χ1n) is 7.64. The molecule has 2 aliphatic rings. The van der Waals surface area contributed by atoms with Gasteiger partial charge in [0, 0.05) is 37.0 Å². The molecule has 0 bridgehead atoms. The van der Waals surface area contributed by atoms with Gasteiger partial charge in [-0.15, -0.1) is 0 Å². The molecule has 116 valence electrons. The molecule has 2 fully saturated rings. The molecule has 0 unspecified atom stereocenters. The van der Waals surface area contributed by atoms with Crippen molar-refractivity contribution in [2.24, 2.45) is 0 Å². The Morgan fingerprint density at radius 2 is 1.00 bits per heavy atom. The average molecular weight is 282 g/mol. The molecule has 20 heavy (non-hydrogen) atoms. The molecule has 4 heteroatoms. The van der Waals surface area contributed by atoms with Gasteiger partial charge in [0.25, 0.3) is 0 Å². The summed E-state index contributed by atoms with van der Waals surface area (Å²) in [6.07, 6.45) is 3.57. The van der Waals surface area contributed by atoms with Crippen LogP contribution in [0.1, 0.15) is 67.2 Å². The molecule has 0 radical (unpaired) electrons. The van der Waals surface area contributed by atoms with Crippen molar-refractivity contribution in [3.05, 3.63) is 0 Å². The highest BCUT2D eigenvalue weighted by Crippen LogP contribution is 2.21. The number of carbonyl (C=O) groups is 2. The summed E-state index contributed by atoms with van der Waals surface area (Å²) >= 11 is 0. The van der Waals surface area contributed by atoms with Gasteiger partial charge >= 0.3 is 0 Å². The first-order valence-corrected chi connectivity index (χ1v) is 7.64. The van der Waals surface area contributed by atoms with E-state index in [0.29, 0.717) is 11.8 Å². The number of carbonyl (C=O) groups excluding carboxylic acids is 2. The van der Waals surface area contributed by atoms with Crippen LogP contribution in [0.3, 0.4) is 0 Å². The zero-order valence-corrected chi connectivity index (χ0v) is 14.0. The van der Waals surface area contributed by atoms with Gasteiger partial charge in [-0.05, 0) is 54.4 Å². The maximum Gasteiger partial charge on any atom is 0.223 e. The van der Waals surface area contributed by atoms with Crippen LogP contribution in [0.15, 0.2) is 0 Å². The minimum absolute atomic E-state index is 0.0353. The number of hydrogen-bond donors (Lipinski definition) is 0. The fraction of sp³-hybridized carbons (Fsp3) is 0.875. The van der Waals surface area contributed by atoms with E-state index in [2.05, 4.69) is 41.5 Å². The van der Waals surface area contributed by atoms with E-state index in [1.54, 1.807) is 0 Å². The molecule has 0 aliphatic carbocycles. The molecule has 0 spiro atoms. The van der Waals surface area contributed by atoms with Gasteiger partial charge in [-0.2, -0.15) is 0 Å². The quantitative estimate of drug-likeness (QED) is 0.685. The molecule has 2 rings (SSSR count). The Labute approximate surface area is 123 Å². The molecule has 2 aliphatic heterocycles. The summed E-state index contributed by atoms with van der Waals surface area (Å²) in [7, 11) is 0. The Bertz CT molecular complexity index is 328. The van der Waals surface area contributed by atoms with Crippen molar-refractivity contribution in [1.29, 1.82) is 0 Å². The summed E-state index contributed by atoms with van der Waals surface area (Å²) in [5.74, 6) is 0.625. The maximum absolute atomic E-state index is 11.1. The van der Waals surface area contributed by atoms with Crippen molar-refractivity contribution >= 4 is 11.8 Å². The Kier molecular flexibility index (Phi) is 5.22. The van der Waals surface area contributed by atoms with E-state index in [1.165, 1.54) is 0 Å². The van der Waals surface area contributed by atoms with Gasteiger partial charge in [0.15, 0.2) is 0 Å². The van der Waals surface area contributed by atoms with E-state index in [9.17, 15) is 9.59 Å². The molecule has 0 aromatic rings. The van der Waals surface area contributed by atoms with Crippen molar-refractivity contribution in [1.82, 2.24) is 9.80 Å². The van der Waals surface area contributed by atoms with Crippen molar-refractivity contribution in [3.63, 3.8) is 0 Å². The predicted octanol–water partition coefficient (Wildman–Crippen LogP) is 2.81. The lowest BCUT2D eigenvalue weighted by molar-refractivity contribution is -0.132. The molecule has 0 saturated carbocycles. The second-order valence-corrected chi connectivity index (χ2v) is 7.64. The standard InChI is InChI=1S/2C8H15NO/c2*1-8(2,3)9-6-4-5-7(9)10/h2*4-6H2,1-3H3. The fourth-order valence-electron chi connectivity index (χ4n) is 2.72. The summed E-state index contributed by atoms with van der Waals surface area (Å²) in [4.78, 5) is 26.2. The Hall–Kier alpha value is -1.06. The summed E-state index contributed by atoms with van der Waals surface area (Å²) in [5, 5.41) is 0. The van der Waals surface area contributed by atoms with Crippen LogP contribution in [0.2, 0.25) is 0 Å². The average Bonchev–Trinajstić information content (AvgIpc) is 2.85. The lowest BCUT2D eigenvalue weighted by Gasteiger charge is -2.31. The van der Waals surface area contributed by atoms with Crippen LogP contribution < -0.4 is 0 Å². The monoisotopic (exact) mass is 282 g/mol. The van der Waals surface area contributed by atoms with Gasteiger partial charge in [0.1, 0.15) is 0 Å². The van der Waals surface area contributed by atoms with Crippen molar-refractivity contribution in [3.8, 4) is 0 Å².